The van der Waals surface area contributed by atoms with Crippen LogP contribution < -0.4 is 4.31 Å². The van der Waals surface area contributed by atoms with Gasteiger partial charge in [-0.05, 0) is 91.7 Å². The number of nitrogens with zero attached hydrogens (tertiary/aromatic N) is 2. The molecule has 0 saturated carbocycles. The largest absolute Gasteiger partial charge is 0.379 e. The second kappa shape index (κ2) is 11.8. The fourth-order valence-corrected chi connectivity index (χ4v) is 7.48. The number of aryl methyl sites for hydroxylation is 1. The van der Waals surface area contributed by atoms with Crippen molar-refractivity contribution in [2.75, 3.05) is 43.7 Å². The van der Waals surface area contributed by atoms with Crippen molar-refractivity contribution in [3.63, 3.8) is 0 Å². The summed E-state index contributed by atoms with van der Waals surface area (Å²) in [5.74, 6) is -0.193. The first-order valence-electron chi connectivity index (χ1n) is 13.4. The molecule has 39 heavy (non-hydrogen) atoms. The summed E-state index contributed by atoms with van der Waals surface area (Å²) in [6.07, 6.45) is 3.57. The summed E-state index contributed by atoms with van der Waals surface area (Å²) in [4.78, 5) is 2.68. The third kappa shape index (κ3) is 6.22. The van der Waals surface area contributed by atoms with Crippen LogP contribution in [0.15, 0.2) is 65.6 Å². The first-order valence-corrected chi connectivity index (χ1v) is 15.2. The van der Waals surface area contributed by atoms with Gasteiger partial charge < -0.3 is 4.74 Å². The number of fused-ring (bicyclic) bond motifs is 1. The molecule has 206 valence electrons. The Labute approximate surface area is 235 Å². The van der Waals surface area contributed by atoms with Crippen LogP contribution in [0, 0.1) is 18.7 Å². The average Bonchev–Trinajstić information content (AvgIpc) is 2.92. The van der Waals surface area contributed by atoms with Crippen molar-refractivity contribution in [1.29, 1.82) is 0 Å². The summed E-state index contributed by atoms with van der Waals surface area (Å²) in [7, 11) is -3.79. The van der Waals surface area contributed by atoms with Crippen LogP contribution in [-0.2, 0) is 21.2 Å². The van der Waals surface area contributed by atoms with E-state index in [0.717, 1.165) is 62.4 Å². The predicted molar refractivity (Wildman–Crippen MR) is 156 cm³/mol. The maximum Gasteiger partial charge on any atom is 0.264 e. The highest BCUT2D eigenvalue weighted by Gasteiger charge is 2.33. The number of rotatable bonds is 7. The molecule has 2 aliphatic heterocycles. The molecule has 5 rings (SSSR count). The number of morpholine rings is 1. The first-order chi connectivity index (χ1) is 18.7. The Balaban J connectivity index is 1.50. The number of anilines is 1. The van der Waals surface area contributed by atoms with E-state index in [9.17, 15) is 12.8 Å². The van der Waals surface area contributed by atoms with Crippen molar-refractivity contribution < 1.29 is 17.5 Å². The van der Waals surface area contributed by atoms with E-state index in [-0.39, 0.29) is 16.6 Å². The zero-order valence-electron chi connectivity index (χ0n) is 22.4. The van der Waals surface area contributed by atoms with Gasteiger partial charge in [0.1, 0.15) is 5.82 Å². The predicted octanol–water partition coefficient (Wildman–Crippen LogP) is 6.44. The monoisotopic (exact) mass is 568 g/mol. The van der Waals surface area contributed by atoms with E-state index in [4.69, 9.17) is 16.3 Å². The van der Waals surface area contributed by atoms with Gasteiger partial charge in [0.05, 0.1) is 28.8 Å². The van der Waals surface area contributed by atoms with Gasteiger partial charge in [-0.3, -0.25) is 9.21 Å². The fourth-order valence-electron chi connectivity index (χ4n) is 5.49. The lowest BCUT2D eigenvalue weighted by atomic mass is 9.90. The second-order valence-electron chi connectivity index (χ2n) is 10.5. The van der Waals surface area contributed by atoms with Crippen LogP contribution in [0.5, 0.6) is 0 Å². The maximum absolute atomic E-state index is 14.5. The Bertz CT molecular complexity index is 1460. The Morgan fingerprint density at radius 2 is 1.87 bits per heavy atom. The number of benzene rings is 3. The Morgan fingerprint density at radius 3 is 2.62 bits per heavy atom. The van der Waals surface area contributed by atoms with Gasteiger partial charge in [0.2, 0.25) is 0 Å². The smallest absolute Gasteiger partial charge is 0.264 e. The second-order valence-corrected chi connectivity index (χ2v) is 12.7. The van der Waals surface area contributed by atoms with Gasteiger partial charge in [0, 0.05) is 25.2 Å². The van der Waals surface area contributed by atoms with Gasteiger partial charge in [-0.2, -0.15) is 0 Å². The van der Waals surface area contributed by atoms with Gasteiger partial charge in [0.15, 0.2) is 0 Å². The molecule has 0 bridgehead atoms. The molecule has 2 heterocycles. The molecule has 8 heteroatoms. The zero-order valence-corrected chi connectivity index (χ0v) is 23.9. The zero-order chi connectivity index (χ0) is 27.6. The number of hydrogen-bond acceptors (Lipinski definition) is 4. The van der Waals surface area contributed by atoms with Crippen LogP contribution >= 0.6 is 11.6 Å². The number of halogens is 2. The third-order valence-electron chi connectivity index (χ3n) is 7.59. The van der Waals surface area contributed by atoms with Crippen molar-refractivity contribution in [2.45, 2.75) is 31.6 Å². The molecule has 3 aromatic carbocycles. The Hall–Kier alpha value is -2.71. The SMILES string of the molecule is C/C(=C\c1ccc2c(c1)N(S(=O)(=O)c1cccc(C)c1)C[C@H](CCN1CCOCC1)C2)c1c(F)cccc1Cl. The highest BCUT2D eigenvalue weighted by Crippen LogP contribution is 2.37. The van der Waals surface area contributed by atoms with Crippen molar-refractivity contribution in [3.8, 4) is 0 Å². The quantitative estimate of drug-likeness (QED) is 0.308. The van der Waals surface area contributed by atoms with Crippen LogP contribution in [0.25, 0.3) is 11.6 Å². The van der Waals surface area contributed by atoms with E-state index in [0.29, 0.717) is 28.4 Å². The molecule has 0 N–H and O–H groups in total. The van der Waals surface area contributed by atoms with Crippen LogP contribution in [0.1, 0.15) is 35.6 Å². The summed E-state index contributed by atoms with van der Waals surface area (Å²) in [6.45, 7) is 8.36. The van der Waals surface area contributed by atoms with Crippen molar-refractivity contribution in [3.05, 3.63) is 93.8 Å². The highest BCUT2D eigenvalue weighted by atomic mass is 35.5. The van der Waals surface area contributed by atoms with Crippen LogP contribution in [-0.4, -0.2) is 52.7 Å². The molecular formula is C31H34ClFN2O3S. The number of allylic oxidation sites excluding steroid dienone is 1. The molecule has 1 atom stereocenters. The Morgan fingerprint density at radius 1 is 1.10 bits per heavy atom. The van der Waals surface area contributed by atoms with E-state index >= 15 is 0 Å². The molecule has 3 aromatic rings. The topological polar surface area (TPSA) is 49.9 Å². The van der Waals surface area contributed by atoms with Gasteiger partial charge in [-0.15, -0.1) is 0 Å². The minimum Gasteiger partial charge on any atom is -0.379 e. The lowest BCUT2D eigenvalue weighted by molar-refractivity contribution is 0.0355. The molecule has 0 aliphatic carbocycles. The van der Waals surface area contributed by atoms with Crippen molar-refractivity contribution in [2.24, 2.45) is 5.92 Å². The number of sulfonamides is 1. The molecule has 1 saturated heterocycles. The minimum absolute atomic E-state index is 0.195. The van der Waals surface area contributed by atoms with E-state index in [1.807, 2.05) is 44.2 Å². The number of hydrogen-bond donors (Lipinski definition) is 0. The van der Waals surface area contributed by atoms with E-state index < -0.39 is 10.0 Å². The molecule has 0 unspecified atom stereocenters. The van der Waals surface area contributed by atoms with Crippen molar-refractivity contribution >= 4 is 39.0 Å². The van der Waals surface area contributed by atoms with Gasteiger partial charge >= 0.3 is 0 Å². The van der Waals surface area contributed by atoms with Gasteiger partial charge in [0.25, 0.3) is 10.0 Å². The first kappa shape index (κ1) is 27.8. The molecule has 0 aromatic heterocycles. The van der Waals surface area contributed by atoms with Crippen molar-refractivity contribution in [1.82, 2.24) is 4.90 Å². The molecule has 0 amide bonds. The third-order valence-corrected chi connectivity index (χ3v) is 9.68. The molecule has 0 spiro atoms. The van der Waals surface area contributed by atoms with Gasteiger partial charge in [-0.1, -0.05) is 48.0 Å². The van der Waals surface area contributed by atoms with E-state index in [2.05, 4.69) is 4.90 Å². The summed E-state index contributed by atoms with van der Waals surface area (Å²) in [5, 5.41) is 0.341. The maximum atomic E-state index is 14.5. The molecule has 2 aliphatic rings. The summed E-state index contributed by atoms with van der Waals surface area (Å²) >= 11 is 6.29. The van der Waals surface area contributed by atoms with Crippen LogP contribution in [0.2, 0.25) is 5.02 Å². The Kier molecular flexibility index (Phi) is 8.43. The lowest BCUT2D eigenvalue weighted by Crippen LogP contribution is -2.42. The normalized spacial score (nSPS) is 18.7. The molecular weight excluding hydrogens is 535 g/mol. The minimum atomic E-state index is -3.79. The lowest BCUT2D eigenvalue weighted by Gasteiger charge is -2.37. The standard InChI is InChI=1S/C31H34ClFN2O3S/c1-22-5-3-6-27(17-22)39(36,37)35-21-25(11-12-34-13-15-38-16-14-34)19-26-10-9-24(20-30(26)35)18-23(2)31-28(32)7-4-8-29(31)33/h3-10,17-18,20,25H,11-16,19,21H2,1-2H3/b23-18+/t25-/m1/s1. The van der Waals surface area contributed by atoms with E-state index in [1.54, 1.807) is 34.6 Å². The number of ether oxygens (including phenoxy) is 1. The highest BCUT2D eigenvalue weighted by molar-refractivity contribution is 7.92. The summed E-state index contributed by atoms with van der Waals surface area (Å²) in [6, 6.07) is 17.6. The fraction of sp³-hybridized carbons (Fsp3) is 0.355. The summed E-state index contributed by atoms with van der Waals surface area (Å²) < 4.78 is 49.6. The van der Waals surface area contributed by atoms with Crippen LogP contribution in [0.3, 0.4) is 0 Å². The average molecular weight is 569 g/mol. The summed E-state index contributed by atoms with van der Waals surface area (Å²) in [5.41, 5.74) is 4.39. The molecule has 0 radical (unpaired) electrons. The molecule has 5 nitrogen and oxygen atoms in total. The van der Waals surface area contributed by atoms with E-state index in [1.165, 1.54) is 6.07 Å². The van der Waals surface area contributed by atoms with Crippen LogP contribution in [0.4, 0.5) is 10.1 Å². The van der Waals surface area contributed by atoms with Gasteiger partial charge in [-0.25, -0.2) is 12.8 Å². The molecule has 1 fully saturated rings.